The van der Waals surface area contributed by atoms with E-state index in [9.17, 15) is 9.59 Å². The molecule has 0 spiro atoms. The fourth-order valence-corrected chi connectivity index (χ4v) is 5.44. The molecule has 6 rings (SSSR count). The monoisotopic (exact) mass is 577 g/mol. The summed E-state index contributed by atoms with van der Waals surface area (Å²) >= 11 is 0. The van der Waals surface area contributed by atoms with Crippen LogP contribution in [0.15, 0.2) is 67.0 Å². The summed E-state index contributed by atoms with van der Waals surface area (Å²) in [4.78, 5) is 36.8. The molecule has 1 N–H and O–H groups in total. The third kappa shape index (κ3) is 5.86. The molecule has 5 aromatic rings. The zero-order chi connectivity index (χ0) is 30.3. The van der Waals surface area contributed by atoms with E-state index in [1.54, 1.807) is 15.5 Å². The van der Waals surface area contributed by atoms with E-state index < -0.39 is 5.60 Å². The highest BCUT2D eigenvalue weighted by Gasteiger charge is 2.24. The molecule has 0 aliphatic carbocycles. The number of aryl methyl sites for hydroxylation is 2. The van der Waals surface area contributed by atoms with Gasteiger partial charge in [0.05, 0.1) is 35.3 Å². The van der Waals surface area contributed by atoms with Crippen LogP contribution < -0.4 is 5.32 Å². The normalized spacial score (nSPS) is 13.8. The average molecular weight is 578 g/mol. The molecule has 10 heteroatoms. The minimum atomic E-state index is -0.524. The lowest BCUT2D eigenvalue weighted by Crippen LogP contribution is -2.39. The van der Waals surface area contributed by atoms with Gasteiger partial charge in [-0.25, -0.2) is 9.78 Å². The number of carbonyl (C=O) groups excluding carboxylic acids is 2. The molecule has 4 aromatic heterocycles. The van der Waals surface area contributed by atoms with E-state index in [4.69, 9.17) is 9.84 Å². The maximum absolute atomic E-state index is 13.5. The molecule has 0 fully saturated rings. The highest BCUT2D eigenvalue weighted by Crippen LogP contribution is 2.29. The van der Waals surface area contributed by atoms with Gasteiger partial charge < -0.3 is 15.0 Å². The van der Waals surface area contributed by atoms with Crippen molar-refractivity contribution in [3.63, 3.8) is 0 Å². The minimum absolute atomic E-state index is 0.259. The number of hydrogen-bond donors (Lipinski definition) is 1. The van der Waals surface area contributed by atoms with E-state index in [0.717, 1.165) is 39.1 Å². The Bertz CT molecular complexity index is 1890. The van der Waals surface area contributed by atoms with Crippen LogP contribution in [0.4, 0.5) is 10.5 Å². The van der Waals surface area contributed by atoms with Gasteiger partial charge in [-0.15, -0.1) is 0 Å². The molecule has 1 aliphatic rings. The van der Waals surface area contributed by atoms with Crippen LogP contribution in [0.3, 0.4) is 0 Å². The molecule has 0 radical (unpaired) electrons. The van der Waals surface area contributed by atoms with Crippen LogP contribution in [-0.2, 0) is 11.3 Å². The number of benzene rings is 1. The first-order valence-corrected chi connectivity index (χ1v) is 14.4. The van der Waals surface area contributed by atoms with Gasteiger partial charge in [0.2, 0.25) is 0 Å². The Morgan fingerprint density at radius 2 is 1.88 bits per heavy atom. The maximum atomic E-state index is 13.5. The highest BCUT2D eigenvalue weighted by molar-refractivity contribution is 6.08. The van der Waals surface area contributed by atoms with E-state index in [-0.39, 0.29) is 12.0 Å². The maximum Gasteiger partial charge on any atom is 0.410 e. The van der Waals surface area contributed by atoms with Crippen LogP contribution in [0, 0.1) is 13.8 Å². The average Bonchev–Trinajstić information content (AvgIpc) is 3.53. The van der Waals surface area contributed by atoms with Crippen molar-refractivity contribution in [2.24, 2.45) is 0 Å². The number of pyridine rings is 2. The van der Waals surface area contributed by atoms with Crippen molar-refractivity contribution in [2.75, 3.05) is 18.4 Å². The summed E-state index contributed by atoms with van der Waals surface area (Å²) in [7, 11) is 0. The molecular weight excluding hydrogens is 542 g/mol. The van der Waals surface area contributed by atoms with Gasteiger partial charge in [-0.2, -0.15) is 5.10 Å². The van der Waals surface area contributed by atoms with Gasteiger partial charge in [0.25, 0.3) is 5.91 Å². The van der Waals surface area contributed by atoms with E-state index in [2.05, 4.69) is 15.3 Å². The Balaban J connectivity index is 1.20. The smallest absolute Gasteiger partial charge is 0.410 e. The lowest BCUT2D eigenvalue weighted by atomic mass is 10.0. The van der Waals surface area contributed by atoms with Crippen molar-refractivity contribution in [2.45, 2.75) is 53.2 Å². The molecule has 0 saturated heterocycles. The Kier molecular flexibility index (Phi) is 7.21. The third-order valence-electron chi connectivity index (χ3n) is 7.44. The summed E-state index contributed by atoms with van der Waals surface area (Å²) in [5, 5.41) is 8.73. The second-order valence-corrected chi connectivity index (χ2v) is 11.9. The van der Waals surface area contributed by atoms with Crippen LogP contribution in [-0.4, -0.2) is 59.7 Å². The lowest BCUT2D eigenvalue weighted by molar-refractivity contribution is 0.0270. The van der Waals surface area contributed by atoms with Crippen molar-refractivity contribution in [3.8, 4) is 0 Å². The first-order chi connectivity index (χ1) is 20.6. The first kappa shape index (κ1) is 28.1. The Hall–Kier alpha value is -4.99. The van der Waals surface area contributed by atoms with Crippen molar-refractivity contribution in [3.05, 3.63) is 95.3 Å². The zero-order valence-corrected chi connectivity index (χ0v) is 25.1. The van der Waals surface area contributed by atoms with Crippen LogP contribution in [0.25, 0.3) is 22.1 Å². The molecule has 5 heterocycles. The predicted molar refractivity (Wildman–Crippen MR) is 166 cm³/mol. The predicted octanol–water partition coefficient (Wildman–Crippen LogP) is 6.02. The molecule has 0 bridgehead atoms. The van der Waals surface area contributed by atoms with Crippen molar-refractivity contribution in [1.29, 1.82) is 0 Å². The number of carbonyl (C=O) groups is 2. The number of nitrogens with one attached hydrogen (secondary N) is 1. The van der Waals surface area contributed by atoms with Crippen LogP contribution in [0.2, 0.25) is 0 Å². The summed E-state index contributed by atoms with van der Waals surface area (Å²) in [6, 6.07) is 15.7. The number of anilines is 1. The number of hydrogen-bond acceptors (Lipinski definition) is 6. The largest absolute Gasteiger partial charge is 0.444 e. The second kappa shape index (κ2) is 11.0. The minimum Gasteiger partial charge on any atom is -0.444 e. The van der Waals surface area contributed by atoms with Gasteiger partial charge in [0.1, 0.15) is 16.9 Å². The summed E-state index contributed by atoms with van der Waals surface area (Å²) in [6.07, 6.45) is 5.91. The molecule has 10 nitrogen and oxygen atoms in total. The molecule has 220 valence electrons. The van der Waals surface area contributed by atoms with E-state index in [0.29, 0.717) is 43.1 Å². The van der Waals surface area contributed by atoms with Crippen LogP contribution in [0.1, 0.15) is 60.3 Å². The number of nitrogens with zero attached hydrogens (tertiary/aromatic N) is 6. The van der Waals surface area contributed by atoms with Crippen LogP contribution >= 0.6 is 0 Å². The van der Waals surface area contributed by atoms with Crippen molar-refractivity contribution in [1.82, 2.24) is 29.0 Å². The van der Waals surface area contributed by atoms with Gasteiger partial charge in [0.15, 0.2) is 0 Å². The molecule has 0 saturated carbocycles. The number of fused-ring (bicyclic) bond motifs is 2. The van der Waals surface area contributed by atoms with Gasteiger partial charge in [-0.3, -0.25) is 18.9 Å². The SMILES string of the molecule is Cc1cccc(Cn2nc(C)c3c(NC(=O)c4cnc5cc(C6=CCN(C(=O)OC(C)(C)C)CC6)ccn45)cccc32)n1. The molecule has 1 aliphatic heterocycles. The quantitative estimate of drug-likeness (QED) is 0.274. The number of amides is 2. The van der Waals surface area contributed by atoms with Crippen molar-refractivity contribution < 1.29 is 14.3 Å². The van der Waals surface area contributed by atoms with E-state index in [1.807, 2.05) is 100 Å². The highest BCUT2D eigenvalue weighted by atomic mass is 16.6. The molecular formula is C33H35N7O3. The van der Waals surface area contributed by atoms with Crippen LogP contribution in [0.5, 0.6) is 0 Å². The number of imidazole rings is 1. The molecule has 0 unspecified atom stereocenters. The fraction of sp³-hybridized carbons (Fsp3) is 0.303. The standard InChI is InChI=1S/C33H35N7O3/c1-21-8-6-9-25(35-21)20-40-27-11-7-10-26(30(27)22(2)37-40)36-31(41)28-19-34-29-18-24(14-17-39(28)29)23-12-15-38(16-13-23)32(42)43-33(3,4)5/h6-12,14,17-19H,13,15-16,20H2,1-5H3,(H,36,41). The molecule has 2 amide bonds. The lowest BCUT2D eigenvalue weighted by Gasteiger charge is -2.29. The van der Waals surface area contributed by atoms with Gasteiger partial charge in [-0.05, 0) is 88.6 Å². The second-order valence-electron chi connectivity index (χ2n) is 11.9. The summed E-state index contributed by atoms with van der Waals surface area (Å²) in [6.45, 7) is 11.1. The first-order valence-electron chi connectivity index (χ1n) is 14.4. The Morgan fingerprint density at radius 1 is 1.07 bits per heavy atom. The zero-order valence-electron chi connectivity index (χ0n) is 25.1. The van der Waals surface area contributed by atoms with E-state index in [1.165, 1.54) is 0 Å². The molecule has 0 atom stereocenters. The topological polar surface area (TPSA) is 107 Å². The molecule has 43 heavy (non-hydrogen) atoms. The summed E-state index contributed by atoms with van der Waals surface area (Å²) in [5.74, 6) is -0.259. The fourth-order valence-electron chi connectivity index (χ4n) is 5.44. The summed E-state index contributed by atoms with van der Waals surface area (Å²) < 4.78 is 9.21. The van der Waals surface area contributed by atoms with Gasteiger partial charge in [0, 0.05) is 30.4 Å². The van der Waals surface area contributed by atoms with Crippen molar-refractivity contribution >= 4 is 39.8 Å². The Morgan fingerprint density at radius 3 is 2.63 bits per heavy atom. The number of aromatic nitrogens is 5. The third-order valence-corrected chi connectivity index (χ3v) is 7.44. The van der Waals surface area contributed by atoms with E-state index >= 15 is 0 Å². The molecule has 1 aromatic carbocycles. The van der Waals surface area contributed by atoms with Gasteiger partial charge in [-0.1, -0.05) is 18.2 Å². The Labute approximate surface area is 250 Å². The number of ether oxygens (including phenoxy) is 1. The van der Waals surface area contributed by atoms with Gasteiger partial charge >= 0.3 is 6.09 Å². The summed E-state index contributed by atoms with van der Waals surface area (Å²) in [5.41, 5.74) is 7.06. The number of rotatable bonds is 5.